The third-order valence-electron chi connectivity index (χ3n) is 18.8. The van der Waals surface area contributed by atoms with Crippen LogP contribution in [-0.2, 0) is 29.5 Å². The number of halogens is 11. The molecule has 3 N–H and O–H groups in total. The lowest BCUT2D eigenvalue weighted by molar-refractivity contribution is -0.111. The van der Waals surface area contributed by atoms with Gasteiger partial charge in [0.05, 0.1) is 42.2 Å². The van der Waals surface area contributed by atoms with E-state index >= 15 is 0 Å². The van der Waals surface area contributed by atoms with Crippen molar-refractivity contribution in [3.63, 3.8) is 0 Å². The number of H-pyrrole nitrogens is 2. The minimum absolute atomic E-state index is 0.0152. The maximum Gasteiger partial charge on any atom is 0.255 e. The van der Waals surface area contributed by atoms with Crippen LogP contribution in [0, 0.1) is 27.7 Å². The van der Waals surface area contributed by atoms with E-state index in [4.69, 9.17) is 116 Å². The molecule has 0 aliphatic heterocycles. The van der Waals surface area contributed by atoms with Crippen molar-refractivity contribution in [2.45, 2.75) is 66.2 Å². The van der Waals surface area contributed by atoms with Gasteiger partial charge < -0.3 is 20.2 Å². The Hall–Kier alpha value is -7.48. The summed E-state index contributed by atoms with van der Waals surface area (Å²) < 4.78 is 2.63. The fourth-order valence-corrected chi connectivity index (χ4v) is 15.4. The van der Waals surface area contributed by atoms with Crippen LogP contribution in [0.5, 0.6) is 0 Å². The van der Waals surface area contributed by atoms with E-state index in [-0.39, 0.29) is 17.2 Å². The van der Waals surface area contributed by atoms with Gasteiger partial charge in [-0.05, 0) is 254 Å². The predicted molar refractivity (Wildman–Crippen MR) is 453 cm³/mol. The normalized spacial score (nSPS) is 12.6. The first-order valence-electron chi connectivity index (χ1n) is 33.6. The average Bonchev–Trinajstić information content (AvgIpc) is 1.63. The highest BCUT2D eigenvalue weighted by atomic mass is 79.9. The molecule has 3 heterocycles. The van der Waals surface area contributed by atoms with Crippen LogP contribution in [0.15, 0.2) is 217 Å². The number of likely N-dealkylation sites (N-methyl/N-ethyl adjacent to an activating group) is 1. The number of aryl methyl sites for hydroxylation is 4. The second kappa shape index (κ2) is 32.9. The first kappa shape index (κ1) is 77.1. The van der Waals surface area contributed by atoms with Crippen LogP contribution in [-0.4, -0.2) is 51.9 Å². The van der Waals surface area contributed by atoms with Gasteiger partial charge in [-0.2, -0.15) is 0 Å². The molecule has 7 nitrogen and oxygen atoms in total. The number of hydrogen-bond donors (Lipinski definition) is 3. The molecule has 0 unspecified atom stereocenters. The third kappa shape index (κ3) is 17.4. The summed E-state index contributed by atoms with van der Waals surface area (Å²) in [5, 5.41) is 12.3. The summed E-state index contributed by atoms with van der Waals surface area (Å²) in [5.41, 5.74) is 25.2. The smallest absolute Gasteiger partial charge is 0.255 e. The number of hydrogen-bond acceptors (Lipinski definition) is 3. The Morgan fingerprint density at radius 1 is 0.476 bits per heavy atom. The highest BCUT2D eigenvalue weighted by Crippen LogP contribution is 2.44. The zero-order chi connectivity index (χ0) is 74.9. The summed E-state index contributed by atoms with van der Waals surface area (Å²) in [7, 11) is 3.72. The summed E-state index contributed by atoms with van der Waals surface area (Å²) in [6.07, 6.45) is 15.2. The molecule has 0 bridgehead atoms. The molecule has 0 atom stereocenters. The van der Waals surface area contributed by atoms with Gasteiger partial charge in [0.25, 0.3) is 5.91 Å². The van der Waals surface area contributed by atoms with Crippen LogP contribution in [0.3, 0.4) is 0 Å². The van der Waals surface area contributed by atoms with E-state index in [2.05, 4.69) is 144 Å². The molecule has 0 saturated carbocycles. The van der Waals surface area contributed by atoms with Gasteiger partial charge in [0.1, 0.15) is 0 Å². The molecule has 0 spiro atoms. The molecular formula is C87H70BrCl10N5O2. The number of aromatic amines is 2. The van der Waals surface area contributed by atoms with Gasteiger partial charge in [-0.25, -0.2) is 0 Å². The lowest BCUT2D eigenvalue weighted by Gasteiger charge is -2.24. The molecule has 3 aromatic heterocycles. The van der Waals surface area contributed by atoms with E-state index in [0.717, 1.165) is 106 Å². The number of rotatable bonds is 9. The number of fused-ring (bicyclic) bond motifs is 6. The summed E-state index contributed by atoms with van der Waals surface area (Å²) in [6.45, 7) is 12.9. The average molecular weight is 1650 g/mol. The Balaban J connectivity index is 0.000000124. The molecule has 16 rings (SSSR count). The van der Waals surface area contributed by atoms with Crippen molar-refractivity contribution in [3.05, 3.63) is 345 Å². The van der Waals surface area contributed by atoms with Gasteiger partial charge in [-0.3, -0.25) is 14.2 Å². The second-order valence-electron chi connectivity index (χ2n) is 27.0. The van der Waals surface area contributed by atoms with E-state index in [1.54, 1.807) is 28.8 Å². The lowest BCUT2D eigenvalue weighted by Crippen LogP contribution is -2.25. The van der Waals surface area contributed by atoms with Gasteiger partial charge in [-0.15, -0.1) is 0 Å². The van der Waals surface area contributed by atoms with Crippen molar-refractivity contribution in [1.82, 2.24) is 19.4 Å². The second-order valence-corrected chi connectivity index (χ2v) is 32.0. The SMILES string of the molecule is CN(C)CC(=O)n1cc(-c2ccc(Cl)c(Cl)c2)c2cc(Cl)ccc21.Cc1cc(NC(=O)C2=CCc3ccc(Br)cc32)ccc1Cl.Cc1cc2[nH]cc(C(C)(C)c3c[nH]c4cc(Cl)c(Cl)cc34)c2cc1Cl.Cc1cccc(C2=CCc3cc(Cl)c(Cl)cc32)c1.Cc1cccc(C2=CCc3ccc(Cl)cc32)c1. The maximum atomic E-state index is 12.6. The quantitative estimate of drug-likeness (QED) is 0.135. The monoisotopic (exact) mass is 1650 g/mol. The molecule has 0 saturated heterocycles. The number of benzene rings is 10. The highest BCUT2D eigenvalue weighted by Gasteiger charge is 2.30. The van der Waals surface area contributed by atoms with Crippen molar-refractivity contribution in [2.24, 2.45) is 0 Å². The van der Waals surface area contributed by atoms with Crippen LogP contribution in [0.1, 0.15) is 96.5 Å². The van der Waals surface area contributed by atoms with Crippen molar-refractivity contribution in [1.29, 1.82) is 0 Å². The number of nitrogens with one attached hydrogen (secondary N) is 3. The van der Waals surface area contributed by atoms with Gasteiger partial charge in [0, 0.05) is 92.6 Å². The molecule has 3 aliphatic carbocycles. The molecule has 3 aliphatic rings. The number of carbonyl (C=O) groups is 2. The number of aromatic nitrogens is 3. The van der Waals surface area contributed by atoms with Crippen LogP contribution in [0.4, 0.5) is 5.69 Å². The van der Waals surface area contributed by atoms with Crippen LogP contribution < -0.4 is 5.32 Å². The highest BCUT2D eigenvalue weighted by molar-refractivity contribution is 9.10. The molecule has 18 heteroatoms. The van der Waals surface area contributed by atoms with Crippen molar-refractivity contribution < 1.29 is 9.59 Å². The van der Waals surface area contributed by atoms with Crippen LogP contribution >= 0.6 is 132 Å². The minimum Gasteiger partial charge on any atom is -0.361 e. The van der Waals surface area contributed by atoms with Gasteiger partial charge in [0.15, 0.2) is 0 Å². The summed E-state index contributed by atoms with van der Waals surface area (Å²) in [6, 6.07) is 57.6. The van der Waals surface area contributed by atoms with Gasteiger partial charge in [0.2, 0.25) is 5.91 Å². The zero-order valence-electron chi connectivity index (χ0n) is 58.4. The molecule has 105 heavy (non-hydrogen) atoms. The molecular weight excluding hydrogens is 1580 g/mol. The third-order valence-corrected chi connectivity index (χ3v) is 22.8. The van der Waals surface area contributed by atoms with Crippen molar-refractivity contribution in [3.8, 4) is 11.1 Å². The molecule has 0 radical (unpaired) electrons. The molecule has 13 aromatic rings. The summed E-state index contributed by atoms with van der Waals surface area (Å²) in [5.74, 6) is -0.104. The zero-order valence-corrected chi connectivity index (χ0v) is 67.5. The standard InChI is InChI=1S/C20H17Cl3N2.C18H15Cl3N2O.C17H13BrClNO.C16H12Cl2.C16H13Cl/c1-10-4-18-11(5-15(10)21)13(8-24-18)20(2,3)14-9-25-19-7-17(23)16(22)6-12(14)19;1-22(2)10-18(24)23-9-14(11-3-5-15(20)16(21)7-11)13-8-12(19)4-6-17(13)23;1-10-8-13(5-7-16(10)19)20-17(21)14-6-3-11-2-4-12(18)9-15(11)14;1-10-3-2-4-11(7-10)13-6-5-12-8-15(17)16(18)9-14(12)13;1-11-3-2-4-13(9-11)15-8-6-12-5-7-14(17)10-16(12)15/h4-9,24-25H,1-3H3;3-9H,10H2,1-2H3;2,4-9H,3H2,1H3,(H,20,21);2-4,6-9H,5H2,1H3;2-5,7-10H,6H2,1H3. The van der Waals surface area contributed by atoms with E-state index < -0.39 is 0 Å². The lowest BCUT2D eigenvalue weighted by atomic mass is 9.78. The molecule has 532 valence electrons. The van der Waals surface area contributed by atoms with Crippen LogP contribution in [0.2, 0.25) is 50.2 Å². The fraction of sp³-hybridized carbons (Fsp3) is 0.149. The maximum absolute atomic E-state index is 12.6. The number of amides is 1. The Morgan fingerprint density at radius 3 is 1.67 bits per heavy atom. The van der Waals surface area contributed by atoms with E-state index in [1.165, 1.54) is 72.3 Å². The molecule has 0 fully saturated rings. The fourth-order valence-electron chi connectivity index (χ4n) is 13.4. The Labute approximate surface area is 670 Å². The van der Waals surface area contributed by atoms with Crippen molar-refractivity contribution in [2.75, 3.05) is 26.0 Å². The van der Waals surface area contributed by atoms with Gasteiger partial charge in [-0.1, -0.05) is 242 Å². The first-order valence-corrected chi connectivity index (χ1v) is 38.2. The predicted octanol–water partition coefficient (Wildman–Crippen LogP) is 27.6. The first-order chi connectivity index (χ1) is 50.1. The van der Waals surface area contributed by atoms with Crippen molar-refractivity contribution >= 4 is 199 Å². The Morgan fingerprint density at radius 2 is 1.02 bits per heavy atom. The summed E-state index contributed by atoms with van der Waals surface area (Å²) in [4.78, 5) is 33.5. The Bertz CT molecular complexity index is 5590. The van der Waals surface area contributed by atoms with Crippen LogP contribution in [0.25, 0.3) is 60.6 Å². The van der Waals surface area contributed by atoms with E-state index in [1.807, 2.05) is 136 Å². The Kier molecular flexibility index (Phi) is 24.2. The molecule has 10 aromatic carbocycles. The molecule has 1 amide bonds. The number of anilines is 1. The minimum atomic E-state index is -0.244. The number of carbonyl (C=O) groups excluding carboxylic acids is 2. The largest absolute Gasteiger partial charge is 0.361 e. The number of nitrogens with zero attached hydrogens (tertiary/aromatic N) is 2. The number of allylic oxidation sites excluding steroid dienone is 3. The topological polar surface area (TPSA) is 85.9 Å². The van der Waals surface area contributed by atoms with E-state index in [0.29, 0.717) is 46.7 Å². The van der Waals surface area contributed by atoms with E-state index in [9.17, 15) is 9.59 Å². The van der Waals surface area contributed by atoms with Gasteiger partial charge >= 0.3 is 0 Å². The summed E-state index contributed by atoms with van der Waals surface area (Å²) >= 11 is 64.8.